The Morgan fingerprint density at radius 3 is 2.80 bits per heavy atom. The first-order valence-electron chi connectivity index (χ1n) is 5.17. The van der Waals surface area contributed by atoms with E-state index in [0.717, 1.165) is 12.0 Å². The van der Waals surface area contributed by atoms with E-state index in [9.17, 15) is 8.42 Å². The van der Waals surface area contributed by atoms with E-state index in [1.54, 1.807) is 12.1 Å². The maximum absolute atomic E-state index is 11.8. The molecule has 0 spiro atoms. The van der Waals surface area contributed by atoms with Gasteiger partial charge < -0.3 is 5.73 Å². The fourth-order valence-electron chi connectivity index (χ4n) is 2.16. The van der Waals surface area contributed by atoms with Gasteiger partial charge in [0.05, 0.1) is 10.6 Å². The lowest BCUT2D eigenvalue weighted by atomic mass is 9.93. The monoisotopic (exact) mass is 225 g/mol. The Kier molecular flexibility index (Phi) is 2.80. The van der Waals surface area contributed by atoms with Crippen LogP contribution in [0.3, 0.4) is 0 Å². The molecule has 4 heteroatoms. The van der Waals surface area contributed by atoms with Crippen LogP contribution in [-0.4, -0.2) is 20.7 Å². The number of hydrogen-bond acceptors (Lipinski definition) is 3. The molecule has 1 aliphatic rings. The van der Waals surface area contributed by atoms with Crippen molar-refractivity contribution < 1.29 is 8.42 Å². The quantitative estimate of drug-likeness (QED) is 0.825. The van der Waals surface area contributed by atoms with Gasteiger partial charge in [0.1, 0.15) is 0 Å². The number of sulfone groups is 1. The molecule has 0 fully saturated rings. The lowest BCUT2D eigenvalue weighted by molar-refractivity contribution is 0.549. The first-order valence-corrected chi connectivity index (χ1v) is 6.82. The zero-order valence-electron chi connectivity index (χ0n) is 8.52. The highest BCUT2D eigenvalue weighted by atomic mass is 32.2. The fraction of sp³-hybridized carbons (Fsp3) is 0.455. The van der Waals surface area contributed by atoms with Crippen LogP contribution in [0.2, 0.25) is 0 Å². The predicted molar refractivity (Wildman–Crippen MR) is 59.5 cm³/mol. The Morgan fingerprint density at radius 1 is 1.33 bits per heavy atom. The van der Waals surface area contributed by atoms with Crippen molar-refractivity contribution in [2.24, 2.45) is 5.73 Å². The van der Waals surface area contributed by atoms with Crippen molar-refractivity contribution in [2.45, 2.75) is 23.7 Å². The van der Waals surface area contributed by atoms with Crippen molar-refractivity contribution in [2.75, 3.05) is 12.3 Å². The Labute approximate surface area is 90.2 Å². The minimum atomic E-state index is -3.03. The average molecular weight is 225 g/mol. The first-order chi connectivity index (χ1) is 7.15. The summed E-state index contributed by atoms with van der Waals surface area (Å²) in [6.07, 6.45) is 1.57. The van der Waals surface area contributed by atoms with Gasteiger partial charge >= 0.3 is 0 Å². The molecule has 2 rings (SSSR count). The van der Waals surface area contributed by atoms with Crippen LogP contribution in [0, 0.1) is 0 Å². The molecule has 1 atom stereocenters. The SMILES string of the molecule is NCCC1CCS(=O)(=O)c2ccccc21. The predicted octanol–water partition coefficient (Wildman–Crippen LogP) is 1.30. The summed E-state index contributed by atoms with van der Waals surface area (Å²) in [4.78, 5) is 0.509. The Hall–Kier alpha value is -0.870. The van der Waals surface area contributed by atoms with Gasteiger partial charge in [-0.2, -0.15) is 0 Å². The normalized spacial score (nSPS) is 23.4. The molecule has 0 amide bonds. The highest BCUT2D eigenvalue weighted by Crippen LogP contribution is 2.35. The van der Waals surface area contributed by atoms with Crippen LogP contribution in [0.15, 0.2) is 29.2 Å². The number of benzene rings is 1. The fourth-order valence-corrected chi connectivity index (χ4v) is 3.86. The summed E-state index contributed by atoms with van der Waals surface area (Å²) >= 11 is 0. The molecule has 1 aromatic carbocycles. The molecule has 82 valence electrons. The second kappa shape index (κ2) is 3.94. The molecule has 1 aromatic rings. The molecular formula is C11H15NO2S. The molecule has 0 aliphatic carbocycles. The van der Waals surface area contributed by atoms with Gasteiger partial charge in [0.15, 0.2) is 9.84 Å². The third kappa shape index (κ3) is 1.92. The molecule has 0 radical (unpaired) electrons. The maximum Gasteiger partial charge on any atom is 0.178 e. The van der Waals surface area contributed by atoms with Crippen molar-refractivity contribution in [3.8, 4) is 0 Å². The third-order valence-corrected chi connectivity index (χ3v) is 4.76. The molecule has 0 aromatic heterocycles. The molecule has 0 bridgehead atoms. The third-order valence-electron chi connectivity index (χ3n) is 2.94. The number of rotatable bonds is 2. The van der Waals surface area contributed by atoms with Crippen molar-refractivity contribution >= 4 is 9.84 Å². The molecule has 2 N–H and O–H groups in total. The van der Waals surface area contributed by atoms with Gasteiger partial charge in [-0.1, -0.05) is 18.2 Å². The van der Waals surface area contributed by atoms with E-state index >= 15 is 0 Å². The van der Waals surface area contributed by atoms with Crippen molar-refractivity contribution in [3.05, 3.63) is 29.8 Å². The Morgan fingerprint density at radius 2 is 2.07 bits per heavy atom. The summed E-state index contributed by atoms with van der Waals surface area (Å²) < 4.78 is 23.6. The molecule has 1 heterocycles. The van der Waals surface area contributed by atoms with Gasteiger partial charge in [-0.05, 0) is 36.9 Å². The van der Waals surface area contributed by atoms with E-state index in [2.05, 4.69) is 0 Å². The largest absolute Gasteiger partial charge is 0.330 e. The van der Waals surface area contributed by atoms with Gasteiger partial charge in [-0.15, -0.1) is 0 Å². The first kappa shape index (κ1) is 10.6. The van der Waals surface area contributed by atoms with Crippen LogP contribution >= 0.6 is 0 Å². The minimum absolute atomic E-state index is 0.259. The van der Waals surface area contributed by atoms with E-state index in [0.29, 0.717) is 23.8 Å². The molecule has 0 saturated carbocycles. The Bertz CT molecular complexity index is 453. The maximum atomic E-state index is 11.8. The van der Waals surface area contributed by atoms with E-state index in [1.807, 2.05) is 12.1 Å². The standard InChI is InChI=1S/C11H15NO2S/c12-7-5-9-6-8-15(13,14)11-4-2-1-3-10(9)11/h1-4,9H,5-8,12H2. The van der Waals surface area contributed by atoms with Gasteiger partial charge in [-0.25, -0.2) is 8.42 Å². The zero-order chi connectivity index (χ0) is 10.9. The van der Waals surface area contributed by atoms with Gasteiger partial charge in [-0.3, -0.25) is 0 Å². The van der Waals surface area contributed by atoms with Crippen molar-refractivity contribution in [1.29, 1.82) is 0 Å². The van der Waals surface area contributed by atoms with E-state index in [-0.39, 0.29) is 5.75 Å². The second-order valence-electron chi connectivity index (χ2n) is 3.92. The van der Waals surface area contributed by atoms with Crippen molar-refractivity contribution in [1.82, 2.24) is 0 Å². The van der Waals surface area contributed by atoms with Crippen LogP contribution in [0.1, 0.15) is 24.3 Å². The number of hydrogen-bond donors (Lipinski definition) is 1. The highest BCUT2D eigenvalue weighted by molar-refractivity contribution is 7.91. The molecular weight excluding hydrogens is 210 g/mol. The summed E-state index contributed by atoms with van der Waals surface area (Å²) in [6.45, 7) is 0.610. The molecule has 1 unspecified atom stereocenters. The highest BCUT2D eigenvalue weighted by Gasteiger charge is 2.28. The Balaban J connectivity index is 2.49. The van der Waals surface area contributed by atoms with Crippen LogP contribution in [0.5, 0.6) is 0 Å². The summed E-state index contributed by atoms with van der Waals surface area (Å²) in [5, 5.41) is 0. The van der Waals surface area contributed by atoms with Gasteiger partial charge in [0.25, 0.3) is 0 Å². The van der Waals surface area contributed by atoms with Crippen LogP contribution < -0.4 is 5.73 Å². The average Bonchev–Trinajstić information content (AvgIpc) is 2.23. The summed E-state index contributed by atoms with van der Waals surface area (Å²) in [5.41, 5.74) is 6.49. The van der Waals surface area contributed by atoms with Crippen LogP contribution in [0.4, 0.5) is 0 Å². The topological polar surface area (TPSA) is 60.2 Å². The lowest BCUT2D eigenvalue weighted by Gasteiger charge is -2.24. The van der Waals surface area contributed by atoms with Gasteiger partial charge in [0, 0.05) is 0 Å². The van der Waals surface area contributed by atoms with E-state index < -0.39 is 9.84 Å². The second-order valence-corrected chi connectivity index (χ2v) is 6.00. The van der Waals surface area contributed by atoms with Gasteiger partial charge in [0.2, 0.25) is 0 Å². The molecule has 1 aliphatic heterocycles. The summed E-state index contributed by atoms with van der Waals surface area (Å²) in [6, 6.07) is 7.28. The minimum Gasteiger partial charge on any atom is -0.330 e. The van der Waals surface area contributed by atoms with Crippen molar-refractivity contribution in [3.63, 3.8) is 0 Å². The molecule has 3 nitrogen and oxygen atoms in total. The number of nitrogens with two attached hydrogens (primary N) is 1. The van der Waals surface area contributed by atoms with E-state index in [4.69, 9.17) is 5.73 Å². The number of fused-ring (bicyclic) bond motifs is 1. The zero-order valence-corrected chi connectivity index (χ0v) is 9.33. The summed E-state index contributed by atoms with van der Waals surface area (Å²) in [5.74, 6) is 0.573. The van der Waals surface area contributed by atoms with Crippen LogP contribution in [0.25, 0.3) is 0 Å². The lowest BCUT2D eigenvalue weighted by Crippen LogP contribution is -2.21. The molecule has 15 heavy (non-hydrogen) atoms. The van der Waals surface area contributed by atoms with E-state index in [1.165, 1.54) is 0 Å². The molecule has 0 saturated heterocycles. The smallest absolute Gasteiger partial charge is 0.178 e. The summed E-state index contributed by atoms with van der Waals surface area (Å²) in [7, 11) is -3.03. The van der Waals surface area contributed by atoms with Crippen LogP contribution in [-0.2, 0) is 9.84 Å².